The summed E-state index contributed by atoms with van der Waals surface area (Å²) in [5, 5.41) is 15.4. The van der Waals surface area contributed by atoms with Crippen LogP contribution in [0.5, 0.6) is 17.2 Å². The van der Waals surface area contributed by atoms with Gasteiger partial charge in [0.25, 0.3) is 5.91 Å². The number of ether oxygens (including phenoxy) is 3. The van der Waals surface area contributed by atoms with Crippen molar-refractivity contribution in [1.29, 1.82) is 0 Å². The number of carbonyl (C=O) groups excluding carboxylic acids is 2. The molecule has 3 atom stereocenters. The molecular formula is C28H38N4O6. The third kappa shape index (κ3) is 6.49. The van der Waals surface area contributed by atoms with Gasteiger partial charge in [0.15, 0.2) is 11.5 Å². The number of fused-ring (bicyclic) bond motifs is 2. The Balaban J connectivity index is 1.55. The molecule has 0 aromatic heterocycles. The van der Waals surface area contributed by atoms with Crippen molar-refractivity contribution in [2.75, 3.05) is 38.9 Å². The summed E-state index contributed by atoms with van der Waals surface area (Å²) in [5.41, 5.74) is 1.93. The number of urea groups is 1. The fourth-order valence-electron chi connectivity index (χ4n) is 4.67. The van der Waals surface area contributed by atoms with Gasteiger partial charge in [0, 0.05) is 37.3 Å². The van der Waals surface area contributed by atoms with Crippen LogP contribution in [-0.4, -0.2) is 78.6 Å². The molecule has 0 saturated heterocycles. The van der Waals surface area contributed by atoms with Crippen LogP contribution in [0.1, 0.15) is 43.6 Å². The normalized spacial score (nSPS) is 19.5. The van der Waals surface area contributed by atoms with E-state index >= 15 is 0 Å². The standard InChI is InChI=1S/C28H38N4O6/c1-17(2)29-28(35)30-21-7-9-23-22(11-21)27(34)32(19(4)15-33)12-18(3)26(38-23)14-31(5)13-20-6-8-24-25(10-20)37-16-36-24/h6-11,17-19,26,33H,12-16H2,1-5H3,(H2,29,30,35)/t18-,19+,26-/m1/s1. The molecule has 0 saturated carbocycles. The molecule has 2 aromatic rings. The van der Waals surface area contributed by atoms with Gasteiger partial charge in [0.2, 0.25) is 6.79 Å². The minimum atomic E-state index is -0.372. The molecule has 2 aromatic carbocycles. The third-order valence-electron chi connectivity index (χ3n) is 6.72. The summed E-state index contributed by atoms with van der Waals surface area (Å²) in [6.45, 7) is 9.43. The van der Waals surface area contributed by atoms with Crippen LogP contribution in [0, 0.1) is 5.92 Å². The highest BCUT2D eigenvalue weighted by molar-refractivity contribution is 5.99. The Morgan fingerprint density at radius 2 is 1.87 bits per heavy atom. The topological polar surface area (TPSA) is 113 Å². The Morgan fingerprint density at radius 3 is 2.61 bits per heavy atom. The lowest BCUT2D eigenvalue weighted by Crippen LogP contribution is -2.49. The van der Waals surface area contributed by atoms with Crippen LogP contribution in [0.15, 0.2) is 36.4 Å². The lowest BCUT2D eigenvalue weighted by Gasteiger charge is -2.38. The van der Waals surface area contributed by atoms with Crippen molar-refractivity contribution in [1.82, 2.24) is 15.1 Å². The quantitative estimate of drug-likeness (QED) is 0.484. The molecule has 3 N–H and O–H groups in total. The van der Waals surface area contributed by atoms with E-state index in [9.17, 15) is 14.7 Å². The summed E-state index contributed by atoms with van der Waals surface area (Å²) >= 11 is 0. The number of hydrogen-bond acceptors (Lipinski definition) is 7. The number of hydrogen-bond donors (Lipinski definition) is 3. The first-order valence-corrected chi connectivity index (χ1v) is 13.0. The number of nitrogens with zero attached hydrogens (tertiary/aromatic N) is 2. The maximum atomic E-state index is 13.6. The van der Waals surface area contributed by atoms with Crippen molar-refractivity contribution < 1.29 is 28.9 Å². The molecule has 0 unspecified atom stereocenters. The first-order chi connectivity index (χ1) is 18.1. The Morgan fingerprint density at radius 1 is 1.13 bits per heavy atom. The largest absolute Gasteiger partial charge is 0.488 e. The minimum Gasteiger partial charge on any atom is -0.488 e. The predicted octanol–water partition coefficient (Wildman–Crippen LogP) is 3.30. The fraction of sp³-hybridized carbons (Fsp3) is 0.500. The van der Waals surface area contributed by atoms with E-state index in [4.69, 9.17) is 14.2 Å². The van der Waals surface area contributed by atoms with Gasteiger partial charge in [-0.2, -0.15) is 0 Å². The first-order valence-electron chi connectivity index (χ1n) is 13.0. The molecule has 0 radical (unpaired) electrons. The van der Waals surface area contributed by atoms with Gasteiger partial charge in [0.05, 0.1) is 18.2 Å². The molecule has 10 nitrogen and oxygen atoms in total. The average Bonchev–Trinajstić information content (AvgIpc) is 3.33. The highest BCUT2D eigenvalue weighted by Gasteiger charge is 2.33. The molecule has 2 aliphatic heterocycles. The summed E-state index contributed by atoms with van der Waals surface area (Å²) in [4.78, 5) is 29.7. The molecule has 0 aliphatic carbocycles. The molecular weight excluding hydrogens is 488 g/mol. The third-order valence-corrected chi connectivity index (χ3v) is 6.72. The van der Waals surface area contributed by atoms with E-state index in [1.54, 1.807) is 23.1 Å². The lowest BCUT2D eigenvalue weighted by atomic mass is 9.99. The van der Waals surface area contributed by atoms with Gasteiger partial charge in [-0.05, 0) is 63.7 Å². The second-order valence-corrected chi connectivity index (χ2v) is 10.5. The van der Waals surface area contributed by atoms with Crippen LogP contribution in [0.4, 0.5) is 10.5 Å². The minimum absolute atomic E-state index is 0.00470. The van der Waals surface area contributed by atoms with Gasteiger partial charge >= 0.3 is 6.03 Å². The highest BCUT2D eigenvalue weighted by atomic mass is 16.7. The summed E-state index contributed by atoms with van der Waals surface area (Å²) < 4.78 is 17.4. The predicted molar refractivity (Wildman–Crippen MR) is 144 cm³/mol. The molecule has 0 fully saturated rings. The van der Waals surface area contributed by atoms with Crippen molar-refractivity contribution in [2.45, 2.75) is 52.4 Å². The molecule has 10 heteroatoms. The van der Waals surface area contributed by atoms with Crippen LogP contribution in [0.25, 0.3) is 0 Å². The Labute approximate surface area is 223 Å². The van der Waals surface area contributed by atoms with E-state index in [0.29, 0.717) is 36.6 Å². The Bertz CT molecular complexity index is 1160. The van der Waals surface area contributed by atoms with Gasteiger partial charge in [-0.15, -0.1) is 0 Å². The van der Waals surface area contributed by atoms with Crippen LogP contribution < -0.4 is 24.8 Å². The van der Waals surface area contributed by atoms with E-state index in [1.807, 2.05) is 46.0 Å². The van der Waals surface area contributed by atoms with Crippen molar-refractivity contribution in [3.63, 3.8) is 0 Å². The second-order valence-electron chi connectivity index (χ2n) is 10.5. The van der Waals surface area contributed by atoms with E-state index in [1.165, 1.54) is 0 Å². The van der Waals surface area contributed by atoms with E-state index in [-0.39, 0.29) is 49.4 Å². The molecule has 2 aliphatic rings. The van der Waals surface area contributed by atoms with Gasteiger partial charge in [-0.3, -0.25) is 9.69 Å². The van der Waals surface area contributed by atoms with Crippen molar-refractivity contribution >= 4 is 17.6 Å². The molecule has 4 rings (SSSR count). The number of anilines is 1. The number of likely N-dealkylation sites (N-methyl/N-ethyl adjacent to an activating group) is 1. The molecule has 3 amide bonds. The van der Waals surface area contributed by atoms with Crippen LogP contribution in [0.3, 0.4) is 0 Å². The molecule has 206 valence electrons. The number of rotatable bonds is 8. The Hall–Kier alpha value is -3.50. The number of carbonyl (C=O) groups is 2. The zero-order chi connectivity index (χ0) is 27.4. The summed E-state index contributed by atoms with van der Waals surface area (Å²) in [6, 6.07) is 10.3. The van der Waals surface area contributed by atoms with E-state index < -0.39 is 0 Å². The number of aliphatic hydroxyl groups is 1. The second kappa shape index (κ2) is 11.9. The monoisotopic (exact) mass is 526 g/mol. The number of amides is 3. The van der Waals surface area contributed by atoms with E-state index in [2.05, 4.69) is 22.5 Å². The number of nitrogens with one attached hydrogen (secondary N) is 2. The number of aliphatic hydroxyl groups excluding tert-OH is 1. The first kappa shape index (κ1) is 27.5. The zero-order valence-corrected chi connectivity index (χ0v) is 22.7. The SMILES string of the molecule is CC(C)NC(=O)Nc1ccc2c(c1)C(=O)N([C@@H](C)CO)C[C@@H](C)[C@@H](CN(C)Cc1ccc3c(c1)OCO3)O2. The van der Waals surface area contributed by atoms with Gasteiger partial charge in [-0.25, -0.2) is 4.79 Å². The van der Waals surface area contributed by atoms with Crippen LogP contribution in [0.2, 0.25) is 0 Å². The molecule has 2 heterocycles. The maximum Gasteiger partial charge on any atom is 0.319 e. The van der Waals surface area contributed by atoms with Crippen molar-refractivity contribution in [3.05, 3.63) is 47.5 Å². The fourth-order valence-corrected chi connectivity index (χ4v) is 4.67. The van der Waals surface area contributed by atoms with Gasteiger partial charge in [0.1, 0.15) is 11.9 Å². The van der Waals surface area contributed by atoms with Gasteiger partial charge in [-0.1, -0.05) is 13.0 Å². The zero-order valence-electron chi connectivity index (χ0n) is 22.7. The Kier molecular flexibility index (Phi) is 8.63. The highest BCUT2D eigenvalue weighted by Crippen LogP contribution is 2.33. The van der Waals surface area contributed by atoms with E-state index in [0.717, 1.165) is 17.1 Å². The maximum absolute atomic E-state index is 13.6. The van der Waals surface area contributed by atoms with Gasteiger partial charge < -0.3 is 34.9 Å². The van der Waals surface area contributed by atoms with Crippen LogP contribution in [-0.2, 0) is 6.54 Å². The lowest BCUT2D eigenvalue weighted by molar-refractivity contribution is 0.0341. The smallest absolute Gasteiger partial charge is 0.319 e. The molecule has 0 spiro atoms. The summed E-state index contributed by atoms with van der Waals surface area (Å²) in [7, 11) is 2.03. The summed E-state index contributed by atoms with van der Waals surface area (Å²) in [5.74, 6) is 1.71. The average molecular weight is 527 g/mol. The number of benzene rings is 2. The molecule has 38 heavy (non-hydrogen) atoms. The van der Waals surface area contributed by atoms with Crippen LogP contribution >= 0.6 is 0 Å². The molecule has 0 bridgehead atoms. The summed E-state index contributed by atoms with van der Waals surface area (Å²) in [6.07, 6.45) is -0.225. The van der Waals surface area contributed by atoms with Crippen molar-refractivity contribution in [2.24, 2.45) is 5.92 Å². The van der Waals surface area contributed by atoms with Crippen molar-refractivity contribution in [3.8, 4) is 17.2 Å².